The second kappa shape index (κ2) is 7.19. The lowest BCUT2D eigenvalue weighted by Crippen LogP contribution is -2.41. The number of ether oxygens (including phenoxy) is 1. The molecular formula is C14H21BrN2O3S. The van der Waals surface area contributed by atoms with Gasteiger partial charge in [0.2, 0.25) is 10.0 Å². The van der Waals surface area contributed by atoms with Crippen molar-refractivity contribution >= 4 is 26.0 Å². The molecule has 0 aliphatic carbocycles. The predicted octanol–water partition coefficient (Wildman–Crippen LogP) is 1.68. The molecule has 5 nitrogen and oxygen atoms in total. The van der Waals surface area contributed by atoms with Crippen LogP contribution >= 0.6 is 15.9 Å². The fourth-order valence-electron chi connectivity index (χ4n) is 2.34. The average Bonchev–Trinajstić information content (AvgIpc) is 2.43. The number of morpholine rings is 1. The van der Waals surface area contributed by atoms with Crippen molar-refractivity contribution in [1.29, 1.82) is 0 Å². The first-order chi connectivity index (χ1) is 9.90. The van der Waals surface area contributed by atoms with Gasteiger partial charge in [0.15, 0.2) is 0 Å². The van der Waals surface area contributed by atoms with E-state index in [1.165, 1.54) is 0 Å². The van der Waals surface area contributed by atoms with Crippen LogP contribution < -0.4 is 4.72 Å². The van der Waals surface area contributed by atoms with Gasteiger partial charge in [0.25, 0.3) is 0 Å². The van der Waals surface area contributed by atoms with E-state index < -0.39 is 10.0 Å². The predicted molar refractivity (Wildman–Crippen MR) is 86.1 cm³/mol. The van der Waals surface area contributed by atoms with Gasteiger partial charge in [-0.3, -0.25) is 4.90 Å². The third kappa shape index (κ3) is 4.50. The van der Waals surface area contributed by atoms with Crippen molar-refractivity contribution in [3.8, 4) is 0 Å². The highest BCUT2D eigenvalue weighted by Crippen LogP contribution is 2.24. The summed E-state index contributed by atoms with van der Waals surface area (Å²) in [6.07, 6.45) is 0. The molecule has 2 rings (SSSR count). The number of halogens is 1. The Morgan fingerprint density at radius 1 is 1.24 bits per heavy atom. The van der Waals surface area contributed by atoms with E-state index in [2.05, 4.69) is 25.6 Å². The minimum absolute atomic E-state index is 0.335. The van der Waals surface area contributed by atoms with Gasteiger partial charge < -0.3 is 4.74 Å². The summed E-state index contributed by atoms with van der Waals surface area (Å²) < 4.78 is 33.5. The van der Waals surface area contributed by atoms with Crippen LogP contribution in [-0.4, -0.2) is 52.7 Å². The van der Waals surface area contributed by atoms with Gasteiger partial charge in [0, 0.05) is 30.7 Å². The van der Waals surface area contributed by atoms with Gasteiger partial charge in [-0.2, -0.15) is 0 Å². The number of benzene rings is 1. The first-order valence-electron chi connectivity index (χ1n) is 6.96. The van der Waals surface area contributed by atoms with Crippen LogP contribution in [0.4, 0.5) is 0 Å². The summed E-state index contributed by atoms with van der Waals surface area (Å²) in [5.74, 6) is 0. The van der Waals surface area contributed by atoms with Crippen LogP contribution in [0.2, 0.25) is 0 Å². The Bertz CT molecular complexity index is 598. The maximum absolute atomic E-state index is 12.4. The van der Waals surface area contributed by atoms with Gasteiger partial charge in [0.1, 0.15) is 0 Å². The smallest absolute Gasteiger partial charge is 0.240 e. The molecule has 1 aliphatic rings. The fourth-order valence-corrected chi connectivity index (χ4v) is 4.10. The lowest BCUT2D eigenvalue weighted by molar-refractivity contribution is 0.0390. The van der Waals surface area contributed by atoms with Gasteiger partial charge in [-0.1, -0.05) is 22.0 Å². The molecule has 1 fully saturated rings. The van der Waals surface area contributed by atoms with Crippen LogP contribution in [0.25, 0.3) is 0 Å². The lowest BCUT2D eigenvalue weighted by atomic mass is 10.2. The number of hydrogen-bond donors (Lipinski definition) is 1. The number of nitrogens with zero attached hydrogens (tertiary/aromatic N) is 1. The molecule has 118 valence electrons. The molecule has 21 heavy (non-hydrogen) atoms. The number of aryl methyl sites for hydroxylation is 2. The number of nitrogens with one attached hydrogen (secondary N) is 1. The average molecular weight is 377 g/mol. The highest BCUT2D eigenvalue weighted by atomic mass is 79.9. The largest absolute Gasteiger partial charge is 0.379 e. The summed E-state index contributed by atoms with van der Waals surface area (Å²) in [4.78, 5) is 2.53. The van der Waals surface area contributed by atoms with E-state index in [1.807, 2.05) is 19.9 Å². The third-order valence-electron chi connectivity index (χ3n) is 3.57. The summed E-state index contributed by atoms with van der Waals surface area (Å²) in [7, 11) is -3.47. The minimum Gasteiger partial charge on any atom is -0.379 e. The molecule has 0 bridgehead atoms. The summed E-state index contributed by atoms with van der Waals surface area (Å²) in [6.45, 7) is 8.03. The standard InChI is InChI=1S/C14H21BrN2O3S/c1-11-9-12(2)14(10-13(11)15)21(18,19)16-3-4-17-5-7-20-8-6-17/h9-10,16H,3-8H2,1-2H3. The third-order valence-corrected chi connectivity index (χ3v) is 6.03. The van der Waals surface area contributed by atoms with Gasteiger partial charge >= 0.3 is 0 Å². The molecular weight excluding hydrogens is 356 g/mol. The van der Waals surface area contributed by atoms with Crippen LogP contribution in [0.15, 0.2) is 21.5 Å². The zero-order chi connectivity index (χ0) is 15.5. The van der Waals surface area contributed by atoms with Crippen molar-refractivity contribution in [1.82, 2.24) is 9.62 Å². The van der Waals surface area contributed by atoms with Crippen molar-refractivity contribution in [3.63, 3.8) is 0 Å². The molecule has 0 radical (unpaired) electrons. The molecule has 1 N–H and O–H groups in total. The molecule has 0 atom stereocenters. The SMILES string of the molecule is Cc1cc(C)c(S(=O)(=O)NCCN2CCOCC2)cc1Br. The van der Waals surface area contributed by atoms with E-state index in [1.54, 1.807) is 6.07 Å². The van der Waals surface area contributed by atoms with Crippen LogP contribution in [0.5, 0.6) is 0 Å². The van der Waals surface area contributed by atoms with Gasteiger partial charge in [-0.05, 0) is 31.0 Å². The Labute approximate surface area is 134 Å². The molecule has 7 heteroatoms. The van der Waals surface area contributed by atoms with Gasteiger partial charge in [0.05, 0.1) is 18.1 Å². The Balaban J connectivity index is 1.99. The Kier molecular flexibility index (Phi) is 5.79. The Morgan fingerprint density at radius 3 is 2.57 bits per heavy atom. The zero-order valence-corrected chi connectivity index (χ0v) is 14.8. The van der Waals surface area contributed by atoms with E-state index >= 15 is 0 Å². The maximum atomic E-state index is 12.4. The molecule has 1 aliphatic heterocycles. The molecule has 0 aromatic heterocycles. The molecule has 0 saturated carbocycles. The van der Waals surface area contributed by atoms with Crippen molar-refractivity contribution in [2.45, 2.75) is 18.7 Å². The Hall–Kier alpha value is -0.470. The summed E-state index contributed by atoms with van der Waals surface area (Å²) in [5, 5.41) is 0. The molecule has 1 aromatic rings. The van der Waals surface area contributed by atoms with E-state index in [9.17, 15) is 8.42 Å². The second-order valence-electron chi connectivity index (χ2n) is 5.22. The summed E-state index contributed by atoms with van der Waals surface area (Å²) in [5.41, 5.74) is 1.79. The highest BCUT2D eigenvalue weighted by Gasteiger charge is 2.18. The fraction of sp³-hybridized carbons (Fsp3) is 0.571. The van der Waals surface area contributed by atoms with Crippen LogP contribution in [-0.2, 0) is 14.8 Å². The van der Waals surface area contributed by atoms with Gasteiger partial charge in [-0.15, -0.1) is 0 Å². The van der Waals surface area contributed by atoms with E-state index in [4.69, 9.17) is 4.74 Å². The summed E-state index contributed by atoms with van der Waals surface area (Å²) >= 11 is 3.39. The van der Waals surface area contributed by atoms with Crippen LogP contribution in [0.3, 0.4) is 0 Å². The van der Waals surface area contributed by atoms with Crippen LogP contribution in [0, 0.1) is 13.8 Å². The molecule has 0 spiro atoms. The highest BCUT2D eigenvalue weighted by molar-refractivity contribution is 9.10. The first kappa shape index (κ1) is 16.9. The van der Waals surface area contributed by atoms with Crippen molar-refractivity contribution in [2.75, 3.05) is 39.4 Å². The van der Waals surface area contributed by atoms with Gasteiger partial charge in [-0.25, -0.2) is 13.1 Å². The maximum Gasteiger partial charge on any atom is 0.240 e. The topological polar surface area (TPSA) is 58.6 Å². The number of hydrogen-bond acceptors (Lipinski definition) is 4. The number of rotatable bonds is 5. The second-order valence-corrected chi connectivity index (χ2v) is 7.81. The quantitative estimate of drug-likeness (QED) is 0.848. The normalized spacial score (nSPS) is 17.1. The molecule has 1 aromatic carbocycles. The molecule has 1 saturated heterocycles. The van der Waals surface area contributed by atoms with Crippen molar-refractivity contribution in [3.05, 3.63) is 27.7 Å². The monoisotopic (exact) mass is 376 g/mol. The molecule has 1 heterocycles. The van der Waals surface area contributed by atoms with Crippen molar-refractivity contribution in [2.24, 2.45) is 0 Å². The van der Waals surface area contributed by atoms with E-state index in [0.717, 1.165) is 41.9 Å². The summed E-state index contributed by atoms with van der Waals surface area (Å²) in [6, 6.07) is 3.54. The minimum atomic E-state index is -3.47. The lowest BCUT2D eigenvalue weighted by Gasteiger charge is -2.26. The van der Waals surface area contributed by atoms with E-state index in [-0.39, 0.29) is 0 Å². The van der Waals surface area contributed by atoms with E-state index in [0.29, 0.717) is 18.0 Å². The first-order valence-corrected chi connectivity index (χ1v) is 9.24. The zero-order valence-electron chi connectivity index (χ0n) is 12.4. The number of sulfonamides is 1. The molecule has 0 amide bonds. The Morgan fingerprint density at radius 2 is 1.90 bits per heavy atom. The van der Waals surface area contributed by atoms with Crippen LogP contribution in [0.1, 0.15) is 11.1 Å². The molecule has 0 unspecified atom stereocenters. The van der Waals surface area contributed by atoms with Crippen molar-refractivity contribution < 1.29 is 13.2 Å².